The largest absolute Gasteiger partial charge is 0.457 e. The van der Waals surface area contributed by atoms with E-state index in [9.17, 15) is 4.79 Å². The zero-order valence-electron chi connectivity index (χ0n) is 17.1. The van der Waals surface area contributed by atoms with E-state index in [2.05, 4.69) is 21.9 Å². The van der Waals surface area contributed by atoms with Crippen molar-refractivity contribution < 1.29 is 9.53 Å². The van der Waals surface area contributed by atoms with Gasteiger partial charge in [0.2, 0.25) is 5.91 Å². The maximum absolute atomic E-state index is 11.7. The van der Waals surface area contributed by atoms with Crippen molar-refractivity contribution in [2.24, 2.45) is 0 Å². The molecule has 4 aromatic rings. The van der Waals surface area contributed by atoms with Crippen molar-refractivity contribution in [1.82, 2.24) is 25.1 Å². The first-order valence-corrected chi connectivity index (χ1v) is 9.77. The quantitative estimate of drug-likeness (QED) is 0.448. The van der Waals surface area contributed by atoms with Gasteiger partial charge >= 0.3 is 0 Å². The van der Waals surface area contributed by atoms with Crippen LogP contribution in [0.15, 0.2) is 73.1 Å². The molecule has 8 nitrogen and oxygen atoms in total. The number of anilines is 1. The van der Waals surface area contributed by atoms with E-state index in [0.29, 0.717) is 47.0 Å². The summed E-state index contributed by atoms with van der Waals surface area (Å²) in [5.74, 6) is 1.63. The zero-order chi connectivity index (χ0) is 21.8. The molecule has 2 aromatic carbocycles. The number of nitrogen functional groups attached to an aromatic ring is 1. The lowest BCUT2D eigenvalue weighted by Crippen LogP contribution is -2.27. The van der Waals surface area contributed by atoms with Crippen LogP contribution in [0.3, 0.4) is 0 Å². The number of benzene rings is 2. The molecular weight excluding hydrogens is 392 g/mol. The second-order valence-corrected chi connectivity index (χ2v) is 7.00. The Hall–Kier alpha value is -4.20. The van der Waals surface area contributed by atoms with Gasteiger partial charge in [-0.15, -0.1) is 0 Å². The molecule has 0 radical (unpaired) electrons. The first kappa shape index (κ1) is 20.1. The molecule has 0 bridgehead atoms. The van der Waals surface area contributed by atoms with Crippen molar-refractivity contribution in [3.63, 3.8) is 0 Å². The maximum Gasteiger partial charge on any atom is 0.246 e. The molecule has 3 N–H and O–H groups in total. The number of fused-ring (bicyclic) bond motifs is 1. The number of rotatable bonds is 7. The number of nitrogens with two attached hydrogens (primary N) is 1. The van der Waals surface area contributed by atoms with Gasteiger partial charge in [-0.1, -0.05) is 24.8 Å². The van der Waals surface area contributed by atoms with Crippen LogP contribution < -0.4 is 15.8 Å². The summed E-state index contributed by atoms with van der Waals surface area (Å²) in [7, 11) is 0. The Balaban J connectivity index is 1.61. The summed E-state index contributed by atoms with van der Waals surface area (Å²) in [5.41, 5.74) is 8.74. The highest BCUT2D eigenvalue weighted by molar-refractivity contribution is 5.98. The number of para-hydroxylation sites is 1. The maximum atomic E-state index is 11.7. The first-order chi connectivity index (χ1) is 15.0. The number of hydrogen-bond donors (Lipinski definition) is 2. The van der Waals surface area contributed by atoms with Crippen molar-refractivity contribution in [1.29, 1.82) is 0 Å². The molecule has 31 heavy (non-hydrogen) atoms. The molecule has 0 spiro atoms. The van der Waals surface area contributed by atoms with E-state index in [0.717, 1.165) is 11.3 Å². The second kappa shape index (κ2) is 8.66. The number of nitrogens with zero attached hydrogens (tertiary/aromatic N) is 4. The third kappa shape index (κ3) is 4.37. The molecule has 0 unspecified atom stereocenters. The minimum absolute atomic E-state index is 0.195. The summed E-state index contributed by atoms with van der Waals surface area (Å²) < 4.78 is 7.58. The minimum Gasteiger partial charge on any atom is -0.457 e. The van der Waals surface area contributed by atoms with Gasteiger partial charge in [0.25, 0.3) is 0 Å². The molecule has 0 aliphatic rings. The van der Waals surface area contributed by atoms with Gasteiger partial charge in [-0.25, -0.2) is 14.6 Å². The topological polar surface area (TPSA) is 108 Å². The van der Waals surface area contributed by atoms with Crippen LogP contribution in [-0.2, 0) is 11.3 Å². The Labute approximate surface area is 179 Å². The van der Waals surface area contributed by atoms with Crippen molar-refractivity contribution in [3.8, 4) is 22.8 Å². The summed E-state index contributed by atoms with van der Waals surface area (Å²) in [5, 5.41) is 8.17. The molecule has 0 saturated heterocycles. The molecule has 0 saturated carbocycles. The lowest BCUT2D eigenvalue weighted by molar-refractivity contribution is -0.117. The number of nitrogens with one attached hydrogen (secondary N) is 1. The highest BCUT2D eigenvalue weighted by atomic mass is 16.5. The van der Waals surface area contributed by atoms with Crippen LogP contribution in [0.5, 0.6) is 11.5 Å². The Morgan fingerprint density at radius 1 is 1.10 bits per heavy atom. The Morgan fingerprint density at radius 3 is 2.52 bits per heavy atom. The molecule has 8 heteroatoms. The average molecular weight is 414 g/mol. The van der Waals surface area contributed by atoms with Gasteiger partial charge in [0.15, 0.2) is 5.65 Å². The van der Waals surface area contributed by atoms with Crippen molar-refractivity contribution in [2.75, 3.05) is 12.3 Å². The van der Waals surface area contributed by atoms with Crippen LogP contribution in [0.2, 0.25) is 0 Å². The van der Waals surface area contributed by atoms with Crippen LogP contribution in [0.4, 0.5) is 5.82 Å². The van der Waals surface area contributed by atoms with Crippen LogP contribution in [0.25, 0.3) is 22.3 Å². The fraction of sp³-hybridized carbons (Fsp3) is 0.130. The Kier molecular flexibility index (Phi) is 5.61. The van der Waals surface area contributed by atoms with Gasteiger partial charge in [-0.05, 0) is 43.3 Å². The molecule has 156 valence electrons. The number of hydrogen-bond acceptors (Lipinski definition) is 6. The lowest BCUT2D eigenvalue weighted by atomic mass is 10.1. The molecule has 2 heterocycles. The molecule has 4 rings (SSSR count). The van der Waals surface area contributed by atoms with Gasteiger partial charge < -0.3 is 15.8 Å². The van der Waals surface area contributed by atoms with E-state index in [-0.39, 0.29) is 5.91 Å². The standard InChI is InChI=1S/C23H22N6O2/c1-15(2)23(30)25-12-13-29-22-19(21(24)26-14-27-22)20(28-29)16-8-10-18(11-9-16)31-17-6-4-3-5-7-17/h3-11,14H,1,12-13H2,2H3,(H,25,30)(H2,24,26,27). The SMILES string of the molecule is C=C(C)C(=O)NCCn1nc(-c2ccc(Oc3ccccc3)cc2)c2c(N)ncnc21. The predicted octanol–water partition coefficient (Wildman–Crippen LogP) is 3.56. The third-order valence-corrected chi connectivity index (χ3v) is 4.66. The second-order valence-electron chi connectivity index (χ2n) is 7.00. The Morgan fingerprint density at radius 2 is 1.81 bits per heavy atom. The van der Waals surface area contributed by atoms with Crippen LogP contribution in [0.1, 0.15) is 6.92 Å². The normalized spacial score (nSPS) is 10.7. The first-order valence-electron chi connectivity index (χ1n) is 9.77. The zero-order valence-corrected chi connectivity index (χ0v) is 17.1. The van der Waals surface area contributed by atoms with Gasteiger partial charge in [0.05, 0.1) is 11.9 Å². The number of amides is 1. The summed E-state index contributed by atoms with van der Waals surface area (Å²) in [6.45, 7) is 6.12. The highest BCUT2D eigenvalue weighted by Crippen LogP contribution is 2.31. The van der Waals surface area contributed by atoms with E-state index >= 15 is 0 Å². The number of carbonyl (C=O) groups is 1. The average Bonchev–Trinajstić information content (AvgIpc) is 3.15. The van der Waals surface area contributed by atoms with Gasteiger partial charge in [-0.3, -0.25) is 4.79 Å². The monoisotopic (exact) mass is 414 g/mol. The van der Waals surface area contributed by atoms with E-state index in [1.807, 2.05) is 54.6 Å². The lowest BCUT2D eigenvalue weighted by Gasteiger charge is -2.06. The minimum atomic E-state index is -0.195. The van der Waals surface area contributed by atoms with E-state index < -0.39 is 0 Å². The van der Waals surface area contributed by atoms with E-state index in [4.69, 9.17) is 15.6 Å². The summed E-state index contributed by atoms with van der Waals surface area (Å²) in [4.78, 5) is 20.2. The fourth-order valence-corrected chi connectivity index (χ4v) is 3.12. The predicted molar refractivity (Wildman–Crippen MR) is 120 cm³/mol. The van der Waals surface area contributed by atoms with Crippen LogP contribution >= 0.6 is 0 Å². The van der Waals surface area contributed by atoms with Crippen LogP contribution in [-0.4, -0.2) is 32.2 Å². The molecule has 0 atom stereocenters. The van der Waals surface area contributed by atoms with Gasteiger partial charge in [0, 0.05) is 17.7 Å². The number of aromatic nitrogens is 4. The Bertz CT molecular complexity index is 1230. The van der Waals surface area contributed by atoms with Crippen molar-refractivity contribution in [3.05, 3.63) is 73.1 Å². The highest BCUT2D eigenvalue weighted by Gasteiger charge is 2.17. The molecular formula is C23H22N6O2. The van der Waals surface area contributed by atoms with Crippen molar-refractivity contribution in [2.45, 2.75) is 13.5 Å². The third-order valence-electron chi connectivity index (χ3n) is 4.66. The van der Waals surface area contributed by atoms with Gasteiger partial charge in [-0.2, -0.15) is 5.10 Å². The summed E-state index contributed by atoms with van der Waals surface area (Å²) in [6, 6.07) is 17.2. The summed E-state index contributed by atoms with van der Waals surface area (Å²) >= 11 is 0. The van der Waals surface area contributed by atoms with E-state index in [1.54, 1.807) is 11.6 Å². The number of carbonyl (C=O) groups excluding carboxylic acids is 1. The molecule has 2 aromatic heterocycles. The van der Waals surface area contributed by atoms with Crippen LogP contribution in [0, 0.1) is 0 Å². The molecule has 0 aliphatic carbocycles. The van der Waals surface area contributed by atoms with E-state index in [1.165, 1.54) is 6.33 Å². The molecule has 0 aliphatic heterocycles. The smallest absolute Gasteiger partial charge is 0.246 e. The number of ether oxygens (including phenoxy) is 1. The fourth-order valence-electron chi connectivity index (χ4n) is 3.12. The molecule has 1 amide bonds. The summed E-state index contributed by atoms with van der Waals surface area (Å²) in [6.07, 6.45) is 1.41. The molecule has 0 fully saturated rings. The van der Waals surface area contributed by atoms with Crippen molar-refractivity contribution >= 4 is 22.8 Å². The van der Waals surface area contributed by atoms with Gasteiger partial charge in [0.1, 0.15) is 29.3 Å².